The van der Waals surface area contributed by atoms with E-state index in [-0.39, 0.29) is 5.92 Å². The maximum Gasteiger partial charge on any atom is 0.233 e. The molecule has 0 bridgehead atoms. The van der Waals surface area contributed by atoms with Crippen LogP contribution in [0.25, 0.3) is 11.5 Å². The standard InChI is InChI=1S/C10H10N4O2S/c15-8-5-17-4-6(8)10-13-9(14-16-10)7-3-11-1-2-12-7/h1-3,6,8,15H,4-5H2. The zero-order chi connectivity index (χ0) is 11.7. The number of nitrogens with zero attached hydrogens (tertiary/aromatic N) is 4. The second-order valence-corrected chi connectivity index (χ2v) is 4.83. The second kappa shape index (κ2) is 4.42. The number of hydrogen-bond acceptors (Lipinski definition) is 7. The lowest BCUT2D eigenvalue weighted by Crippen LogP contribution is -2.15. The third-order valence-corrected chi connectivity index (χ3v) is 3.77. The smallest absolute Gasteiger partial charge is 0.233 e. The molecule has 3 rings (SSSR count). The zero-order valence-electron chi connectivity index (χ0n) is 8.85. The van der Waals surface area contributed by atoms with Crippen molar-refractivity contribution in [3.05, 3.63) is 24.5 Å². The average molecular weight is 250 g/mol. The molecule has 1 N–H and O–H groups in total. The second-order valence-electron chi connectivity index (χ2n) is 3.76. The van der Waals surface area contributed by atoms with Crippen LogP contribution in [0.1, 0.15) is 11.8 Å². The molecule has 3 heterocycles. The van der Waals surface area contributed by atoms with E-state index in [2.05, 4.69) is 20.1 Å². The highest BCUT2D eigenvalue weighted by molar-refractivity contribution is 7.99. The lowest BCUT2D eigenvalue weighted by atomic mass is 10.1. The first kappa shape index (κ1) is 10.7. The molecule has 2 aromatic rings. The summed E-state index contributed by atoms with van der Waals surface area (Å²) in [6.45, 7) is 0. The van der Waals surface area contributed by atoms with E-state index >= 15 is 0 Å². The van der Waals surface area contributed by atoms with Crippen LogP contribution in [0.15, 0.2) is 23.1 Å². The highest BCUT2D eigenvalue weighted by Gasteiger charge is 2.32. The van der Waals surface area contributed by atoms with Gasteiger partial charge in [0.15, 0.2) is 0 Å². The number of aromatic nitrogens is 4. The van der Waals surface area contributed by atoms with E-state index in [0.717, 1.165) is 5.75 Å². The molecule has 7 heteroatoms. The van der Waals surface area contributed by atoms with Crippen LogP contribution in [-0.2, 0) is 0 Å². The lowest BCUT2D eigenvalue weighted by molar-refractivity contribution is 0.164. The first-order valence-corrected chi connectivity index (χ1v) is 6.36. The third-order valence-electron chi connectivity index (χ3n) is 2.60. The molecule has 0 aliphatic carbocycles. The van der Waals surface area contributed by atoms with Gasteiger partial charge in [-0.2, -0.15) is 16.7 Å². The van der Waals surface area contributed by atoms with Crippen LogP contribution in [0.3, 0.4) is 0 Å². The molecule has 1 aliphatic rings. The van der Waals surface area contributed by atoms with Crippen molar-refractivity contribution in [2.24, 2.45) is 0 Å². The normalized spacial score (nSPS) is 24.1. The van der Waals surface area contributed by atoms with E-state index in [1.807, 2.05) is 0 Å². The van der Waals surface area contributed by atoms with Crippen molar-refractivity contribution in [2.45, 2.75) is 12.0 Å². The lowest BCUT2D eigenvalue weighted by Gasteiger charge is -2.06. The number of rotatable bonds is 2. The summed E-state index contributed by atoms with van der Waals surface area (Å²) >= 11 is 1.68. The SMILES string of the molecule is OC1CSCC1c1nc(-c2cnccn2)no1. The number of aliphatic hydroxyl groups is 1. The van der Waals surface area contributed by atoms with Crippen molar-refractivity contribution < 1.29 is 9.63 Å². The molecule has 0 amide bonds. The Balaban J connectivity index is 1.88. The molecule has 1 aliphatic heterocycles. The molecular formula is C10H10N4O2S. The van der Waals surface area contributed by atoms with E-state index in [0.29, 0.717) is 23.2 Å². The predicted octanol–water partition coefficient (Wildman–Crippen LogP) is 0.718. The van der Waals surface area contributed by atoms with Gasteiger partial charge >= 0.3 is 0 Å². The van der Waals surface area contributed by atoms with Gasteiger partial charge in [-0.15, -0.1) is 0 Å². The largest absolute Gasteiger partial charge is 0.391 e. The van der Waals surface area contributed by atoms with E-state index in [1.165, 1.54) is 0 Å². The summed E-state index contributed by atoms with van der Waals surface area (Å²) < 4.78 is 5.17. The molecular weight excluding hydrogens is 240 g/mol. The highest BCUT2D eigenvalue weighted by atomic mass is 32.2. The van der Waals surface area contributed by atoms with Crippen LogP contribution in [0, 0.1) is 0 Å². The first-order valence-electron chi connectivity index (χ1n) is 5.20. The predicted molar refractivity (Wildman–Crippen MR) is 61.4 cm³/mol. The van der Waals surface area contributed by atoms with E-state index in [9.17, 15) is 5.11 Å². The van der Waals surface area contributed by atoms with Crippen molar-refractivity contribution in [1.29, 1.82) is 0 Å². The number of aliphatic hydroxyl groups excluding tert-OH is 1. The Labute approximate surface area is 101 Å². The minimum atomic E-state index is -0.407. The Morgan fingerprint density at radius 1 is 1.35 bits per heavy atom. The van der Waals surface area contributed by atoms with Gasteiger partial charge in [-0.05, 0) is 0 Å². The summed E-state index contributed by atoms with van der Waals surface area (Å²) in [6, 6.07) is 0. The van der Waals surface area contributed by atoms with Crippen LogP contribution in [0.5, 0.6) is 0 Å². The average Bonchev–Trinajstić information content (AvgIpc) is 2.98. The maximum atomic E-state index is 9.75. The Morgan fingerprint density at radius 3 is 3.00 bits per heavy atom. The van der Waals surface area contributed by atoms with Crippen LogP contribution in [0.2, 0.25) is 0 Å². The fourth-order valence-corrected chi connectivity index (χ4v) is 2.91. The Hall–Kier alpha value is -1.47. The van der Waals surface area contributed by atoms with Gasteiger partial charge in [0, 0.05) is 23.9 Å². The van der Waals surface area contributed by atoms with Gasteiger partial charge in [-0.25, -0.2) is 4.98 Å². The van der Waals surface area contributed by atoms with Crippen molar-refractivity contribution in [2.75, 3.05) is 11.5 Å². The van der Waals surface area contributed by atoms with Crippen molar-refractivity contribution in [1.82, 2.24) is 20.1 Å². The molecule has 2 aromatic heterocycles. The molecule has 0 aromatic carbocycles. The topological polar surface area (TPSA) is 84.9 Å². The van der Waals surface area contributed by atoms with Gasteiger partial charge in [0.25, 0.3) is 0 Å². The van der Waals surface area contributed by atoms with Gasteiger partial charge in [0.2, 0.25) is 11.7 Å². The van der Waals surface area contributed by atoms with E-state index in [4.69, 9.17) is 4.52 Å². The van der Waals surface area contributed by atoms with Gasteiger partial charge < -0.3 is 9.63 Å². The summed E-state index contributed by atoms with van der Waals surface area (Å²) in [4.78, 5) is 12.3. The first-order chi connectivity index (χ1) is 8.34. The van der Waals surface area contributed by atoms with Crippen molar-refractivity contribution >= 4 is 11.8 Å². The molecule has 2 unspecified atom stereocenters. The van der Waals surface area contributed by atoms with Crippen LogP contribution < -0.4 is 0 Å². The van der Waals surface area contributed by atoms with E-state index < -0.39 is 6.10 Å². The van der Waals surface area contributed by atoms with Crippen molar-refractivity contribution in [3.8, 4) is 11.5 Å². The molecule has 1 saturated heterocycles. The molecule has 6 nitrogen and oxygen atoms in total. The zero-order valence-corrected chi connectivity index (χ0v) is 9.67. The van der Waals surface area contributed by atoms with Gasteiger partial charge in [0.1, 0.15) is 5.69 Å². The molecule has 0 saturated carbocycles. The van der Waals surface area contributed by atoms with E-state index in [1.54, 1.807) is 30.4 Å². The number of thioether (sulfide) groups is 1. The minimum Gasteiger partial charge on any atom is -0.391 e. The summed E-state index contributed by atoms with van der Waals surface area (Å²) in [5.41, 5.74) is 0.572. The summed E-state index contributed by atoms with van der Waals surface area (Å²) in [5, 5.41) is 13.6. The molecule has 0 spiro atoms. The number of hydrogen-bond donors (Lipinski definition) is 1. The Morgan fingerprint density at radius 2 is 2.29 bits per heavy atom. The minimum absolute atomic E-state index is 0.0714. The molecule has 1 fully saturated rings. The molecule has 0 radical (unpaired) electrons. The van der Waals surface area contributed by atoms with Gasteiger partial charge in [-0.1, -0.05) is 5.16 Å². The molecule has 17 heavy (non-hydrogen) atoms. The van der Waals surface area contributed by atoms with Gasteiger partial charge in [-0.3, -0.25) is 4.98 Å². The quantitative estimate of drug-likeness (QED) is 0.840. The Kier molecular flexibility index (Phi) is 2.77. The maximum absolute atomic E-state index is 9.75. The van der Waals surface area contributed by atoms with Gasteiger partial charge in [0.05, 0.1) is 18.2 Å². The monoisotopic (exact) mass is 250 g/mol. The summed E-state index contributed by atoms with van der Waals surface area (Å²) in [6.07, 6.45) is 4.33. The van der Waals surface area contributed by atoms with Crippen molar-refractivity contribution in [3.63, 3.8) is 0 Å². The summed E-state index contributed by atoms with van der Waals surface area (Å²) in [7, 11) is 0. The van der Waals surface area contributed by atoms with Crippen LogP contribution in [-0.4, -0.2) is 42.8 Å². The highest BCUT2D eigenvalue weighted by Crippen LogP contribution is 2.32. The third kappa shape index (κ3) is 2.03. The van der Waals surface area contributed by atoms with Crippen LogP contribution >= 0.6 is 11.8 Å². The molecule has 2 atom stereocenters. The fraction of sp³-hybridized carbons (Fsp3) is 0.400. The Bertz CT molecular complexity index is 504. The van der Waals surface area contributed by atoms with Crippen LogP contribution in [0.4, 0.5) is 0 Å². The fourth-order valence-electron chi connectivity index (χ4n) is 1.68. The molecule has 88 valence electrons. The summed E-state index contributed by atoms with van der Waals surface area (Å²) in [5.74, 6) is 2.34.